The Morgan fingerprint density at radius 2 is 2.41 bits per heavy atom. The summed E-state index contributed by atoms with van der Waals surface area (Å²) in [6, 6.07) is 3.73. The van der Waals surface area contributed by atoms with Gasteiger partial charge in [0, 0.05) is 12.4 Å². The van der Waals surface area contributed by atoms with Crippen LogP contribution in [0.1, 0.15) is 5.69 Å². The third-order valence-electron chi connectivity index (χ3n) is 2.04. The van der Waals surface area contributed by atoms with E-state index in [1.165, 1.54) is 11.8 Å². The van der Waals surface area contributed by atoms with Crippen molar-refractivity contribution in [3.05, 3.63) is 36.4 Å². The van der Waals surface area contributed by atoms with Crippen LogP contribution in [0.25, 0.3) is 5.69 Å². The number of thioether (sulfide) groups is 1. The molecule has 0 amide bonds. The third-order valence-corrected chi connectivity index (χ3v) is 2.98. The van der Waals surface area contributed by atoms with Crippen molar-refractivity contribution < 1.29 is 9.90 Å². The van der Waals surface area contributed by atoms with Gasteiger partial charge in [-0.05, 0) is 19.1 Å². The Morgan fingerprint density at radius 3 is 3.06 bits per heavy atom. The van der Waals surface area contributed by atoms with Crippen LogP contribution in [-0.2, 0) is 4.79 Å². The summed E-state index contributed by atoms with van der Waals surface area (Å²) in [4.78, 5) is 18.9. The predicted octanol–water partition coefficient (Wildman–Crippen LogP) is 1.75. The lowest BCUT2D eigenvalue weighted by molar-refractivity contribution is -0.133. The lowest BCUT2D eigenvalue weighted by Crippen LogP contribution is -2.01. The van der Waals surface area contributed by atoms with Crippen LogP contribution in [0.4, 0.5) is 0 Å². The zero-order valence-electron chi connectivity index (χ0n) is 9.20. The highest BCUT2D eigenvalue weighted by molar-refractivity contribution is 7.99. The number of carboxylic acids is 1. The Kier molecular flexibility index (Phi) is 3.43. The van der Waals surface area contributed by atoms with Crippen LogP contribution in [0.2, 0.25) is 0 Å². The van der Waals surface area contributed by atoms with Gasteiger partial charge in [-0.3, -0.25) is 14.3 Å². The van der Waals surface area contributed by atoms with Gasteiger partial charge in [0.15, 0.2) is 5.16 Å². The van der Waals surface area contributed by atoms with Crippen molar-refractivity contribution >= 4 is 17.7 Å². The lowest BCUT2D eigenvalue weighted by Gasteiger charge is -2.05. The molecule has 17 heavy (non-hydrogen) atoms. The van der Waals surface area contributed by atoms with Crippen LogP contribution in [0.5, 0.6) is 0 Å². The number of rotatable bonds is 4. The lowest BCUT2D eigenvalue weighted by atomic mass is 10.4. The SMILES string of the molecule is Cc1cn(-c2cccnc2)c(SCC(=O)O)n1. The number of aromatic nitrogens is 3. The minimum absolute atomic E-state index is 0.00326. The van der Waals surface area contributed by atoms with Crippen LogP contribution < -0.4 is 0 Å². The van der Waals surface area contributed by atoms with Crippen molar-refractivity contribution in [2.75, 3.05) is 5.75 Å². The monoisotopic (exact) mass is 249 g/mol. The summed E-state index contributed by atoms with van der Waals surface area (Å²) in [6.07, 6.45) is 5.27. The molecule has 0 bridgehead atoms. The van der Waals surface area contributed by atoms with Gasteiger partial charge in [0.2, 0.25) is 0 Å². The molecule has 0 atom stereocenters. The first-order valence-electron chi connectivity index (χ1n) is 4.98. The molecule has 0 saturated heterocycles. The van der Waals surface area contributed by atoms with E-state index in [0.717, 1.165) is 11.4 Å². The van der Waals surface area contributed by atoms with Crippen LogP contribution >= 0.6 is 11.8 Å². The first-order valence-corrected chi connectivity index (χ1v) is 5.96. The number of aliphatic carboxylic acids is 1. The van der Waals surface area contributed by atoms with E-state index in [1.54, 1.807) is 12.4 Å². The number of carboxylic acid groups (broad SMARTS) is 1. The number of nitrogens with zero attached hydrogens (tertiary/aromatic N) is 3. The fraction of sp³-hybridized carbons (Fsp3) is 0.182. The molecule has 0 radical (unpaired) electrons. The Hall–Kier alpha value is -1.82. The van der Waals surface area contributed by atoms with Gasteiger partial charge in [0.05, 0.1) is 23.3 Å². The van der Waals surface area contributed by atoms with Crippen LogP contribution in [0, 0.1) is 6.92 Å². The molecule has 2 heterocycles. The number of carbonyl (C=O) groups is 1. The zero-order chi connectivity index (χ0) is 12.3. The number of imidazole rings is 1. The van der Waals surface area contributed by atoms with Crippen molar-refractivity contribution in [2.45, 2.75) is 12.1 Å². The Balaban J connectivity index is 2.31. The van der Waals surface area contributed by atoms with Gasteiger partial charge in [0.25, 0.3) is 0 Å². The molecule has 0 aliphatic carbocycles. The molecule has 5 nitrogen and oxygen atoms in total. The number of pyridine rings is 1. The Bertz CT molecular complexity index is 525. The number of aryl methyl sites for hydroxylation is 1. The molecule has 2 aromatic heterocycles. The second-order valence-corrected chi connectivity index (χ2v) is 4.37. The van der Waals surface area contributed by atoms with Crippen molar-refractivity contribution in [1.29, 1.82) is 0 Å². The standard InChI is InChI=1S/C11H11N3O2S/c1-8-6-14(9-3-2-4-12-5-9)11(13-8)17-7-10(15)16/h2-6H,7H2,1H3,(H,15,16). The van der Waals surface area contributed by atoms with Gasteiger partial charge in [-0.1, -0.05) is 11.8 Å². The summed E-state index contributed by atoms with van der Waals surface area (Å²) >= 11 is 1.20. The van der Waals surface area contributed by atoms with Gasteiger partial charge in [-0.2, -0.15) is 0 Å². The van der Waals surface area contributed by atoms with Gasteiger partial charge >= 0.3 is 5.97 Å². The Labute approximate surface area is 103 Å². The molecule has 0 saturated carbocycles. The maximum absolute atomic E-state index is 10.6. The summed E-state index contributed by atoms with van der Waals surface area (Å²) in [5.41, 5.74) is 1.72. The molecular weight excluding hydrogens is 238 g/mol. The molecule has 6 heteroatoms. The molecule has 1 N–H and O–H groups in total. The van der Waals surface area contributed by atoms with Gasteiger partial charge in [0.1, 0.15) is 0 Å². The normalized spacial score (nSPS) is 10.4. The molecule has 0 fully saturated rings. The van der Waals surface area contributed by atoms with E-state index in [0.29, 0.717) is 5.16 Å². The quantitative estimate of drug-likeness (QED) is 0.836. The number of hydrogen-bond donors (Lipinski definition) is 1. The van der Waals surface area contributed by atoms with Crippen LogP contribution in [0.15, 0.2) is 35.9 Å². The molecule has 0 aliphatic heterocycles. The zero-order valence-corrected chi connectivity index (χ0v) is 10.0. The molecule has 88 valence electrons. The smallest absolute Gasteiger partial charge is 0.313 e. The van der Waals surface area contributed by atoms with E-state index >= 15 is 0 Å². The van der Waals surface area contributed by atoms with E-state index < -0.39 is 5.97 Å². The highest BCUT2D eigenvalue weighted by atomic mass is 32.2. The molecule has 0 aliphatic rings. The third kappa shape index (κ3) is 2.85. The molecule has 0 unspecified atom stereocenters. The highest BCUT2D eigenvalue weighted by Crippen LogP contribution is 2.21. The highest BCUT2D eigenvalue weighted by Gasteiger charge is 2.09. The van der Waals surface area contributed by atoms with Gasteiger partial charge in [-0.15, -0.1) is 0 Å². The van der Waals surface area contributed by atoms with Gasteiger partial charge < -0.3 is 5.11 Å². The van der Waals surface area contributed by atoms with E-state index in [1.807, 2.05) is 29.8 Å². The Morgan fingerprint density at radius 1 is 1.59 bits per heavy atom. The first kappa shape index (κ1) is 11.7. The summed E-state index contributed by atoms with van der Waals surface area (Å²) in [5.74, 6) is -0.857. The van der Waals surface area contributed by atoms with E-state index in [2.05, 4.69) is 9.97 Å². The summed E-state index contributed by atoms with van der Waals surface area (Å²) in [5, 5.41) is 9.34. The van der Waals surface area contributed by atoms with Crippen LogP contribution in [-0.4, -0.2) is 31.4 Å². The maximum Gasteiger partial charge on any atom is 0.313 e. The average Bonchev–Trinajstić information content (AvgIpc) is 2.69. The molecule has 2 rings (SSSR count). The van der Waals surface area contributed by atoms with Crippen molar-refractivity contribution in [2.24, 2.45) is 0 Å². The van der Waals surface area contributed by atoms with Crippen molar-refractivity contribution in [3.63, 3.8) is 0 Å². The van der Waals surface area contributed by atoms with Crippen molar-refractivity contribution in [3.8, 4) is 5.69 Å². The molecular formula is C11H11N3O2S. The average molecular weight is 249 g/mol. The fourth-order valence-corrected chi connectivity index (χ4v) is 2.14. The summed E-state index contributed by atoms with van der Waals surface area (Å²) in [6.45, 7) is 1.87. The first-order chi connectivity index (χ1) is 8.16. The minimum Gasteiger partial charge on any atom is -0.481 e. The predicted molar refractivity (Wildman–Crippen MR) is 64.5 cm³/mol. The number of hydrogen-bond acceptors (Lipinski definition) is 4. The summed E-state index contributed by atoms with van der Waals surface area (Å²) < 4.78 is 1.84. The molecule has 2 aromatic rings. The second-order valence-electron chi connectivity index (χ2n) is 3.43. The largest absolute Gasteiger partial charge is 0.481 e. The van der Waals surface area contributed by atoms with E-state index in [9.17, 15) is 4.79 Å². The molecule has 0 spiro atoms. The summed E-state index contributed by atoms with van der Waals surface area (Å²) in [7, 11) is 0. The van der Waals surface area contributed by atoms with E-state index in [4.69, 9.17) is 5.11 Å². The molecule has 0 aromatic carbocycles. The van der Waals surface area contributed by atoms with Gasteiger partial charge in [-0.25, -0.2) is 4.98 Å². The van der Waals surface area contributed by atoms with Crippen LogP contribution in [0.3, 0.4) is 0 Å². The van der Waals surface area contributed by atoms with Crippen molar-refractivity contribution in [1.82, 2.24) is 14.5 Å². The second kappa shape index (κ2) is 5.01. The maximum atomic E-state index is 10.6. The van der Waals surface area contributed by atoms with E-state index in [-0.39, 0.29) is 5.75 Å². The minimum atomic E-state index is -0.853. The fourth-order valence-electron chi connectivity index (χ4n) is 1.38. The topological polar surface area (TPSA) is 68.0 Å².